The Morgan fingerprint density at radius 2 is 1.91 bits per heavy atom. The zero-order valence-corrected chi connectivity index (χ0v) is 15.1. The maximum atomic E-state index is 12.4. The number of aliphatic imine (C=N–C) groups is 1. The molecular formula is C14H21N3O4S2. The molecule has 0 bridgehead atoms. The summed E-state index contributed by atoms with van der Waals surface area (Å²) in [5.41, 5.74) is 11.0. The fraction of sp³-hybridized carbons (Fsp3) is 0.429. The Morgan fingerprint density at radius 1 is 1.35 bits per heavy atom. The van der Waals surface area contributed by atoms with E-state index in [2.05, 4.69) is 4.99 Å². The summed E-state index contributed by atoms with van der Waals surface area (Å²) in [5.74, 6) is -1.14. The molecular weight excluding hydrogens is 338 g/mol. The molecule has 0 spiro atoms. The molecule has 4 N–H and O–H groups in total. The Bertz CT molecular complexity index is 739. The molecule has 0 fully saturated rings. The predicted octanol–water partition coefficient (Wildman–Crippen LogP) is 0.582. The van der Waals surface area contributed by atoms with Crippen molar-refractivity contribution >= 4 is 32.9 Å². The third-order valence-corrected chi connectivity index (χ3v) is 5.95. The predicted molar refractivity (Wildman–Crippen MR) is 90.6 cm³/mol. The van der Waals surface area contributed by atoms with Crippen LogP contribution in [0.5, 0.6) is 0 Å². The number of hydrogen-bond acceptors (Lipinski definition) is 4. The number of benzene rings is 1. The summed E-state index contributed by atoms with van der Waals surface area (Å²) in [5, 5.41) is -0.264. The van der Waals surface area contributed by atoms with Gasteiger partial charge in [0.2, 0.25) is 0 Å². The Kier molecular flexibility index (Phi) is 6.20. The summed E-state index contributed by atoms with van der Waals surface area (Å²) in [6, 6.07) is 2.69. The number of guanidine groups is 1. The molecule has 1 atom stereocenters. The van der Waals surface area contributed by atoms with E-state index in [9.17, 15) is 17.8 Å². The Balaban J connectivity index is 3.71. The van der Waals surface area contributed by atoms with Crippen LogP contribution in [0.15, 0.2) is 26.9 Å². The van der Waals surface area contributed by atoms with E-state index in [0.29, 0.717) is 12.0 Å². The second-order valence-corrected chi connectivity index (χ2v) is 9.23. The van der Waals surface area contributed by atoms with Crippen molar-refractivity contribution in [1.82, 2.24) is 0 Å². The Morgan fingerprint density at radius 3 is 2.30 bits per heavy atom. The fourth-order valence-corrected chi connectivity index (χ4v) is 4.45. The van der Waals surface area contributed by atoms with Gasteiger partial charge in [-0.3, -0.25) is 4.79 Å². The van der Waals surface area contributed by atoms with Crippen LogP contribution in [-0.4, -0.2) is 36.3 Å². The van der Waals surface area contributed by atoms with E-state index in [0.717, 1.165) is 6.26 Å². The van der Waals surface area contributed by atoms with E-state index >= 15 is 0 Å². The average molecular weight is 359 g/mol. The molecule has 1 aromatic rings. The van der Waals surface area contributed by atoms with Gasteiger partial charge in [0.25, 0.3) is 5.91 Å². The van der Waals surface area contributed by atoms with Crippen LogP contribution in [0.1, 0.15) is 36.7 Å². The SMILES string of the molecule is CCc1cc([S+]([O-])C(C)C)c(S(C)(=O)=O)cc1C(=O)N=C(N)N. The average Bonchev–Trinajstić information content (AvgIpc) is 2.43. The number of aryl methyl sites for hydroxylation is 1. The third kappa shape index (κ3) is 4.69. The summed E-state index contributed by atoms with van der Waals surface area (Å²) < 4.78 is 36.5. The van der Waals surface area contributed by atoms with Gasteiger partial charge in [0, 0.05) is 11.8 Å². The van der Waals surface area contributed by atoms with Crippen molar-refractivity contribution in [1.29, 1.82) is 0 Å². The highest BCUT2D eigenvalue weighted by molar-refractivity contribution is 7.94. The molecule has 0 aliphatic carbocycles. The van der Waals surface area contributed by atoms with Crippen molar-refractivity contribution in [2.75, 3.05) is 6.26 Å². The number of nitrogens with two attached hydrogens (primary N) is 2. The van der Waals surface area contributed by atoms with Crippen LogP contribution >= 0.6 is 0 Å². The van der Waals surface area contributed by atoms with E-state index in [1.165, 1.54) is 12.1 Å². The van der Waals surface area contributed by atoms with Crippen molar-refractivity contribution in [3.8, 4) is 0 Å². The molecule has 0 saturated heterocycles. The van der Waals surface area contributed by atoms with Gasteiger partial charge in [-0.05, 0) is 49.1 Å². The highest BCUT2D eigenvalue weighted by Gasteiger charge is 2.28. The smallest absolute Gasteiger partial charge is 0.280 e. The minimum Gasteiger partial charge on any atom is -0.611 e. The Labute approximate surface area is 139 Å². The highest BCUT2D eigenvalue weighted by Crippen LogP contribution is 2.29. The molecule has 0 radical (unpaired) electrons. The third-order valence-electron chi connectivity index (χ3n) is 3.06. The summed E-state index contributed by atoms with van der Waals surface area (Å²) in [4.78, 5) is 15.6. The molecule has 1 amide bonds. The molecule has 0 aromatic heterocycles. The second-order valence-electron chi connectivity index (χ2n) is 5.27. The normalized spacial score (nSPS) is 13.0. The van der Waals surface area contributed by atoms with Crippen molar-refractivity contribution in [3.05, 3.63) is 23.3 Å². The van der Waals surface area contributed by atoms with Gasteiger partial charge in [-0.2, -0.15) is 4.99 Å². The molecule has 1 aromatic carbocycles. The van der Waals surface area contributed by atoms with Gasteiger partial charge in [0.1, 0.15) is 10.1 Å². The zero-order chi connectivity index (χ0) is 17.9. The van der Waals surface area contributed by atoms with Gasteiger partial charge in [0.05, 0.1) is 0 Å². The molecule has 7 nitrogen and oxygen atoms in total. The number of amides is 1. The highest BCUT2D eigenvalue weighted by atomic mass is 32.2. The summed E-state index contributed by atoms with van der Waals surface area (Å²) >= 11 is -1.51. The lowest BCUT2D eigenvalue weighted by Gasteiger charge is -2.18. The number of sulfone groups is 1. The maximum absolute atomic E-state index is 12.4. The molecule has 0 aliphatic heterocycles. The van der Waals surface area contributed by atoms with Gasteiger partial charge in [0.15, 0.2) is 20.7 Å². The first-order chi connectivity index (χ1) is 10.5. The topological polar surface area (TPSA) is 139 Å². The summed E-state index contributed by atoms with van der Waals surface area (Å²) in [6.07, 6.45) is 1.44. The van der Waals surface area contributed by atoms with Gasteiger partial charge in [-0.15, -0.1) is 0 Å². The first-order valence-corrected chi connectivity index (χ1v) is 10.0. The quantitative estimate of drug-likeness (QED) is 0.448. The van der Waals surface area contributed by atoms with E-state index in [1.54, 1.807) is 20.8 Å². The number of carbonyl (C=O) groups excluding carboxylic acids is 1. The molecule has 1 rings (SSSR count). The monoisotopic (exact) mass is 359 g/mol. The van der Waals surface area contributed by atoms with Gasteiger partial charge in [-0.25, -0.2) is 8.42 Å². The van der Waals surface area contributed by atoms with Crippen LogP contribution in [0, 0.1) is 0 Å². The van der Waals surface area contributed by atoms with E-state index in [1.807, 2.05) is 0 Å². The van der Waals surface area contributed by atoms with Gasteiger partial charge >= 0.3 is 0 Å². The van der Waals surface area contributed by atoms with Crippen molar-refractivity contribution in [2.45, 2.75) is 42.2 Å². The molecule has 0 saturated carbocycles. The standard InChI is InChI=1S/C14H21N3O4S2/c1-5-9-6-11(22(19)8(2)3)12(23(4,20)21)7-10(9)13(18)17-14(15)16/h6-8H,5H2,1-4H3,(H4,15,16,17,18). The molecule has 0 aliphatic rings. The molecule has 128 valence electrons. The number of hydrogen-bond donors (Lipinski definition) is 2. The van der Waals surface area contributed by atoms with Crippen LogP contribution in [0.2, 0.25) is 0 Å². The van der Waals surface area contributed by atoms with Crippen molar-refractivity contribution < 1.29 is 17.8 Å². The van der Waals surface area contributed by atoms with E-state index in [4.69, 9.17) is 11.5 Å². The fourth-order valence-electron chi connectivity index (χ4n) is 1.97. The Hall–Kier alpha value is -1.58. The summed E-state index contributed by atoms with van der Waals surface area (Å²) in [7, 11) is -3.68. The van der Waals surface area contributed by atoms with Crippen LogP contribution < -0.4 is 11.5 Å². The first kappa shape index (κ1) is 19.5. The van der Waals surface area contributed by atoms with E-state index in [-0.39, 0.29) is 20.6 Å². The van der Waals surface area contributed by atoms with Crippen LogP contribution in [0.25, 0.3) is 0 Å². The van der Waals surface area contributed by atoms with Gasteiger partial charge in [-0.1, -0.05) is 6.92 Å². The lowest BCUT2D eigenvalue weighted by Crippen LogP contribution is -2.25. The molecule has 0 heterocycles. The number of nitrogens with zero attached hydrogens (tertiary/aromatic N) is 1. The second kappa shape index (κ2) is 7.33. The van der Waals surface area contributed by atoms with Gasteiger partial charge < -0.3 is 16.0 Å². The minimum atomic E-state index is -3.68. The summed E-state index contributed by atoms with van der Waals surface area (Å²) in [6.45, 7) is 5.25. The molecule has 1 unspecified atom stereocenters. The lowest BCUT2D eigenvalue weighted by molar-refractivity contribution is 0.100. The number of rotatable bonds is 5. The van der Waals surface area contributed by atoms with Crippen LogP contribution in [0.3, 0.4) is 0 Å². The maximum Gasteiger partial charge on any atom is 0.280 e. The first-order valence-electron chi connectivity index (χ1n) is 6.90. The largest absolute Gasteiger partial charge is 0.611 e. The van der Waals surface area contributed by atoms with Crippen molar-refractivity contribution in [2.24, 2.45) is 16.5 Å². The number of carbonyl (C=O) groups is 1. The molecule has 23 heavy (non-hydrogen) atoms. The minimum absolute atomic E-state index is 0.0887. The van der Waals surface area contributed by atoms with Crippen LogP contribution in [-0.2, 0) is 27.4 Å². The van der Waals surface area contributed by atoms with E-state index < -0.39 is 32.9 Å². The van der Waals surface area contributed by atoms with Crippen molar-refractivity contribution in [3.63, 3.8) is 0 Å². The lowest BCUT2D eigenvalue weighted by atomic mass is 10.0. The van der Waals surface area contributed by atoms with Crippen LogP contribution in [0.4, 0.5) is 0 Å². The molecule has 9 heteroatoms. The zero-order valence-electron chi connectivity index (χ0n) is 13.5.